The Kier molecular flexibility index (Phi) is 6.40. The molecule has 1 aliphatic carbocycles. The van der Waals surface area contributed by atoms with Crippen molar-refractivity contribution in [3.63, 3.8) is 0 Å². The molecule has 0 fully saturated rings. The Morgan fingerprint density at radius 3 is 1.93 bits per heavy atom. The molecule has 3 nitrogen and oxygen atoms in total. The van der Waals surface area contributed by atoms with E-state index in [0.717, 1.165) is 82.8 Å². The molecule has 0 aliphatic heterocycles. The van der Waals surface area contributed by atoms with E-state index in [2.05, 4.69) is 189 Å². The summed E-state index contributed by atoms with van der Waals surface area (Å²) in [5, 5.41) is 8.98. The van der Waals surface area contributed by atoms with Gasteiger partial charge in [-0.15, -0.1) is 0 Å². The van der Waals surface area contributed by atoms with Crippen molar-refractivity contribution in [3.8, 4) is 22.3 Å². The molecule has 0 amide bonds. The zero-order chi connectivity index (χ0) is 37.1. The van der Waals surface area contributed by atoms with Crippen LogP contribution in [0.5, 0.6) is 0 Å². The summed E-state index contributed by atoms with van der Waals surface area (Å²) >= 11 is 0. The van der Waals surface area contributed by atoms with Crippen molar-refractivity contribution in [3.05, 3.63) is 187 Å². The van der Waals surface area contributed by atoms with Crippen molar-refractivity contribution >= 4 is 82.5 Å². The average Bonchev–Trinajstić information content (AvgIpc) is 3.89. The van der Waals surface area contributed by atoms with Gasteiger partial charge in [-0.25, -0.2) is 0 Å². The molecule has 0 bridgehead atoms. The molecule has 0 saturated carbocycles. The Hall–Kier alpha value is -7.10. The Morgan fingerprint density at radius 1 is 0.393 bits per heavy atom. The number of nitrogens with zero attached hydrogens (tertiary/aromatic N) is 1. The Morgan fingerprint density at radius 2 is 1.02 bits per heavy atom. The Labute approximate surface area is 323 Å². The lowest BCUT2D eigenvalue weighted by Crippen LogP contribution is -2.17. The van der Waals surface area contributed by atoms with Gasteiger partial charge in [0.15, 0.2) is 0 Å². The highest BCUT2D eigenvalue weighted by Crippen LogP contribution is 2.53. The van der Waals surface area contributed by atoms with Gasteiger partial charge in [-0.2, -0.15) is 0 Å². The number of furan rings is 2. The highest BCUT2D eigenvalue weighted by molar-refractivity contribution is 6.21. The number of hydrogen-bond acceptors (Lipinski definition) is 3. The predicted molar refractivity (Wildman–Crippen MR) is 234 cm³/mol. The maximum atomic E-state index is 7.19. The second-order valence-electron chi connectivity index (χ2n) is 15.6. The van der Waals surface area contributed by atoms with Gasteiger partial charge in [0, 0.05) is 49.3 Å². The number of rotatable bonds is 4. The van der Waals surface area contributed by atoms with Crippen LogP contribution in [0.4, 0.5) is 17.1 Å². The minimum absolute atomic E-state index is 0.163. The van der Waals surface area contributed by atoms with Crippen molar-refractivity contribution in [1.29, 1.82) is 0 Å². The van der Waals surface area contributed by atoms with Gasteiger partial charge in [-0.3, -0.25) is 0 Å². The van der Waals surface area contributed by atoms with Gasteiger partial charge in [0.25, 0.3) is 0 Å². The van der Waals surface area contributed by atoms with E-state index in [9.17, 15) is 0 Å². The third-order valence-corrected chi connectivity index (χ3v) is 12.2. The van der Waals surface area contributed by atoms with Crippen molar-refractivity contribution in [1.82, 2.24) is 0 Å². The third-order valence-electron chi connectivity index (χ3n) is 12.2. The summed E-state index contributed by atoms with van der Waals surface area (Å²) in [5.41, 5.74) is 13.7. The van der Waals surface area contributed by atoms with Crippen molar-refractivity contribution in [2.45, 2.75) is 19.3 Å². The summed E-state index contributed by atoms with van der Waals surface area (Å²) in [6.45, 7) is 4.70. The fourth-order valence-electron chi connectivity index (χ4n) is 9.52. The molecule has 0 atom stereocenters. The van der Waals surface area contributed by atoms with Gasteiger partial charge in [-0.05, 0) is 86.9 Å². The van der Waals surface area contributed by atoms with Gasteiger partial charge in [0.05, 0.1) is 11.3 Å². The first-order valence-electron chi connectivity index (χ1n) is 19.3. The average molecular weight is 718 g/mol. The lowest BCUT2D eigenvalue weighted by Gasteiger charge is -2.30. The van der Waals surface area contributed by atoms with Crippen molar-refractivity contribution < 1.29 is 8.83 Å². The summed E-state index contributed by atoms with van der Waals surface area (Å²) in [6.07, 6.45) is 0. The standard InChI is InChI=1S/C53H35NO2/c1-53(2)45-20-9-7-16-38(45)39-27-25-36(31-46(39)53)54(35-24-22-32-12-3-4-14-34(32)30-35)47-29-28-43-42-26-23-33-13-5-6-15-37(33)50(42)56-52(43)49(47)44-19-11-18-41-40-17-8-10-21-48(40)55-51(41)44/h3-31H,1-2H3. The molecule has 0 unspecified atom stereocenters. The summed E-state index contributed by atoms with van der Waals surface area (Å²) in [6, 6.07) is 63.5. The predicted octanol–water partition coefficient (Wildman–Crippen LogP) is 15.2. The molecular formula is C53H35NO2. The normalized spacial score (nSPS) is 13.3. The molecule has 2 heterocycles. The first-order chi connectivity index (χ1) is 27.5. The molecule has 3 heteroatoms. The highest BCUT2D eigenvalue weighted by atomic mass is 16.3. The van der Waals surface area contributed by atoms with E-state index < -0.39 is 0 Å². The molecule has 0 saturated heterocycles. The van der Waals surface area contributed by atoms with E-state index in [1.165, 1.54) is 33.0 Å². The maximum absolute atomic E-state index is 7.19. The molecule has 56 heavy (non-hydrogen) atoms. The van der Waals surface area contributed by atoms with Crippen LogP contribution in [0.1, 0.15) is 25.0 Å². The largest absolute Gasteiger partial charge is 0.455 e. The van der Waals surface area contributed by atoms with Gasteiger partial charge < -0.3 is 13.7 Å². The molecule has 264 valence electrons. The second-order valence-corrected chi connectivity index (χ2v) is 15.6. The van der Waals surface area contributed by atoms with Crippen molar-refractivity contribution in [2.24, 2.45) is 0 Å². The van der Waals surface area contributed by atoms with Crippen LogP contribution in [-0.2, 0) is 5.41 Å². The van der Waals surface area contributed by atoms with Gasteiger partial charge >= 0.3 is 0 Å². The molecule has 1 aliphatic rings. The summed E-state index contributed by atoms with van der Waals surface area (Å²) < 4.78 is 14.0. The number of fused-ring (bicyclic) bond motifs is 12. The molecule has 9 aromatic carbocycles. The Bertz CT molecular complexity index is 3420. The molecule has 0 spiro atoms. The molecule has 0 N–H and O–H groups in total. The van der Waals surface area contributed by atoms with Crippen LogP contribution < -0.4 is 4.90 Å². The maximum Gasteiger partial charge on any atom is 0.145 e. The van der Waals surface area contributed by atoms with Gasteiger partial charge in [0.1, 0.15) is 22.3 Å². The number of para-hydroxylation sites is 2. The van der Waals surface area contributed by atoms with Gasteiger partial charge in [-0.1, -0.05) is 141 Å². The first-order valence-corrected chi connectivity index (χ1v) is 19.3. The fraction of sp³-hybridized carbons (Fsp3) is 0.0566. The quantitative estimate of drug-likeness (QED) is 0.182. The highest BCUT2D eigenvalue weighted by Gasteiger charge is 2.36. The van der Waals surface area contributed by atoms with Crippen LogP contribution in [0.2, 0.25) is 0 Å². The van der Waals surface area contributed by atoms with Crippen LogP contribution >= 0.6 is 0 Å². The molecule has 2 aromatic heterocycles. The number of benzene rings is 9. The van der Waals surface area contributed by atoms with Crippen LogP contribution in [0.15, 0.2) is 185 Å². The lowest BCUT2D eigenvalue weighted by atomic mass is 9.82. The van der Waals surface area contributed by atoms with Crippen molar-refractivity contribution in [2.75, 3.05) is 4.90 Å². The van der Waals surface area contributed by atoms with Crippen LogP contribution in [-0.4, -0.2) is 0 Å². The third kappa shape index (κ3) is 4.34. The monoisotopic (exact) mass is 717 g/mol. The lowest BCUT2D eigenvalue weighted by molar-refractivity contribution is 0.660. The minimum Gasteiger partial charge on any atom is -0.455 e. The summed E-state index contributed by atoms with van der Waals surface area (Å²) in [4.78, 5) is 2.42. The summed E-state index contributed by atoms with van der Waals surface area (Å²) in [7, 11) is 0. The van der Waals surface area contributed by atoms with Gasteiger partial charge in [0.2, 0.25) is 0 Å². The van der Waals surface area contributed by atoms with E-state index in [1.54, 1.807) is 0 Å². The zero-order valence-electron chi connectivity index (χ0n) is 31.0. The van der Waals surface area contributed by atoms with Crippen LogP contribution in [0.3, 0.4) is 0 Å². The summed E-state index contributed by atoms with van der Waals surface area (Å²) in [5.74, 6) is 0. The number of anilines is 3. The minimum atomic E-state index is -0.163. The molecule has 11 aromatic rings. The van der Waals surface area contributed by atoms with E-state index >= 15 is 0 Å². The van der Waals surface area contributed by atoms with E-state index in [4.69, 9.17) is 8.83 Å². The fourth-order valence-corrected chi connectivity index (χ4v) is 9.52. The van der Waals surface area contributed by atoms with Crippen LogP contribution in [0, 0.1) is 0 Å². The molecular weight excluding hydrogens is 683 g/mol. The van der Waals surface area contributed by atoms with E-state index in [0.29, 0.717) is 0 Å². The molecule has 12 rings (SSSR count). The Balaban J connectivity index is 1.21. The first kappa shape index (κ1) is 31.3. The van der Waals surface area contributed by atoms with E-state index in [-0.39, 0.29) is 5.41 Å². The van der Waals surface area contributed by atoms with Crippen LogP contribution in [0.25, 0.3) is 87.7 Å². The SMILES string of the molecule is CC1(C)c2ccccc2-c2ccc(N(c3ccc4ccccc4c3)c3ccc4c(oc5c6ccccc6ccc45)c3-c3cccc4c3oc3ccccc34)cc21. The topological polar surface area (TPSA) is 29.5 Å². The smallest absolute Gasteiger partial charge is 0.145 e. The van der Waals surface area contributed by atoms with E-state index in [1.807, 2.05) is 6.07 Å². The second kappa shape index (κ2) is 11.5. The zero-order valence-corrected chi connectivity index (χ0v) is 31.0. The number of hydrogen-bond donors (Lipinski definition) is 0. The molecule has 0 radical (unpaired) electrons.